The minimum atomic E-state index is -0.221. The monoisotopic (exact) mass is 653 g/mol. The van der Waals surface area contributed by atoms with Gasteiger partial charge in [0.1, 0.15) is 0 Å². The van der Waals surface area contributed by atoms with Crippen LogP contribution in [0.3, 0.4) is 0 Å². The van der Waals surface area contributed by atoms with Gasteiger partial charge in [-0.05, 0) is 86.8 Å². The van der Waals surface area contributed by atoms with Gasteiger partial charge in [0.25, 0.3) is 0 Å². The molecular formula is C48H31NO2. The molecule has 0 heterocycles. The molecule has 0 spiro atoms. The van der Waals surface area contributed by atoms with Gasteiger partial charge in [0.15, 0.2) is 11.6 Å². The first-order valence-corrected chi connectivity index (χ1v) is 17.1. The number of fused-ring (bicyclic) bond motifs is 3. The van der Waals surface area contributed by atoms with Crippen molar-refractivity contribution in [1.82, 2.24) is 0 Å². The van der Waals surface area contributed by atoms with E-state index in [1.807, 2.05) is 60.7 Å². The maximum atomic E-state index is 13.5. The lowest BCUT2D eigenvalue weighted by Gasteiger charge is -2.30. The van der Waals surface area contributed by atoms with Crippen molar-refractivity contribution in [3.8, 4) is 22.3 Å². The van der Waals surface area contributed by atoms with E-state index in [4.69, 9.17) is 0 Å². The Bertz CT molecular complexity index is 2530. The smallest absolute Gasteiger partial charge is 0.197 e. The van der Waals surface area contributed by atoms with Crippen molar-refractivity contribution < 1.29 is 9.59 Å². The maximum absolute atomic E-state index is 13.5. The van der Waals surface area contributed by atoms with Gasteiger partial charge in [0, 0.05) is 27.9 Å². The molecule has 9 rings (SSSR count). The van der Waals surface area contributed by atoms with Gasteiger partial charge >= 0.3 is 0 Å². The second kappa shape index (κ2) is 12.6. The summed E-state index contributed by atoms with van der Waals surface area (Å²) >= 11 is 0. The number of Topliss-reactive ketones (excluding diaryl/α,β-unsaturated/α-hetero) is 2. The molecule has 1 aliphatic rings. The zero-order valence-electron chi connectivity index (χ0n) is 27.7. The molecule has 0 fully saturated rings. The lowest BCUT2D eigenvalue weighted by molar-refractivity contribution is 0.0990. The van der Waals surface area contributed by atoms with Gasteiger partial charge in [-0.1, -0.05) is 140 Å². The summed E-state index contributed by atoms with van der Waals surface area (Å²) in [5.74, 6) is -0.443. The highest BCUT2D eigenvalue weighted by atomic mass is 16.2. The first-order valence-electron chi connectivity index (χ1n) is 17.1. The number of ketones is 2. The fourth-order valence-electron chi connectivity index (χ4n) is 7.26. The van der Waals surface area contributed by atoms with Crippen LogP contribution in [0, 0.1) is 0 Å². The zero-order chi connectivity index (χ0) is 34.3. The standard InChI is InChI=1S/C48H31NO2/c50-47-42-30-35-17-7-8-18-36(35)31-43(42)48(51)44(47)28-32-23-24-38-29-39(26-25-37(38)27-32)49(45-21-11-9-19-40(45)33-13-3-1-4-14-33)46-22-12-10-20-41(46)34-15-5-2-6-16-34/h1-31H. The molecule has 0 bridgehead atoms. The molecule has 0 atom stereocenters. The predicted molar refractivity (Wildman–Crippen MR) is 210 cm³/mol. The second-order valence-electron chi connectivity index (χ2n) is 12.9. The Morgan fingerprint density at radius 1 is 0.373 bits per heavy atom. The minimum absolute atomic E-state index is 0.206. The maximum Gasteiger partial charge on any atom is 0.197 e. The van der Waals surface area contributed by atoms with Crippen LogP contribution in [0.5, 0.6) is 0 Å². The molecular weight excluding hydrogens is 623 g/mol. The van der Waals surface area contributed by atoms with Crippen LogP contribution in [0.25, 0.3) is 49.9 Å². The summed E-state index contributed by atoms with van der Waals surface area (Å²) in [5, 5.41) is 3.97. The van der Waals surface area contributed by atoms with Gasteiger partial charge in [-0.2, -0.15) is 0 Å². The number of carbonyl (C=O) groups is 2. The molecule has 0 aromatic heterocycles. The molecule has 8 aromatic carbocycles. The molecule has 3 nitrogen and oxygen atoms in total. The van der Waals surface area contributed by atoms with Crippen LogP contribution in [0.2, 0.25) is 0 Å². The average molecular weight is 654 g/mol. The third-order valence-electron chi connectivity index (χ3n) is 9.74. The summed E-state index contributed by atoms with van der Waals surface area (Å²) in [6.45, 7) is 0. The Balaban J connectivity index is 1.15. The highest BCUT2D eigenvalue weighted by Gasteiger charge is 2.33. The fourth-order valence-corrected chi connectivity index (χ4v) is 7.26. The van der Waals surface area contributed by atoms with Crippen molar-refractivity contribution in [3.63, 3.8) is 0 Å². The second-order valence-corrected chi connectivity index (χ2v) is 12.9. The van der Waals surface area contributed by atoms with E-state index in [2.05, 4.69) is 126 Å². The summed E-state index contributed by atoms with van der Waals surface area (Å²) in [6, 6.07) is 62.1. The summed E-state index contributed by atoms with van der Waals surface area (Å²) in [7, 11) is 0. The van der Waals surface area contributed by atoms with Gasteiger partial charge in [-0.25, -0.2) is 0 Å². The van der Waals surface area contributed by atoms with Crippen molar-refractivity contribution >= 4 is 56.2 Å². The van der Waals surface area contributed by atoms with Crippen molar-refractivity contribution in [2.75, 3.05) is 4.90 Å². The van der Waals surface area contributed by atoms with Crippen LogP contribution in [-0.4, -0.2) is 11.6 Å². The lowest BCUT2D eigenvalue weighted by Crippen LogP contribution is -2.12. The quantitative estimate of drug-likeness (QED) is 0.132. The van der Waals surface area contributed by atoms with E-state index >= 15 is 0 Å². The zero-order valence-corrected chi connectivity index (χ0v) is 27.7. The summed E-state index contributed by atoms with van der Waals surface area (Å²) < 4.78 is 0. The molecule has 0 radical (unpaired) electrons. The van der Waals surface area contributed by atoms with Crippen LogP contribution in [0.15, 0.2) is 188 Å². The average Bonchev–Trinajstić information content (AvgIpc) is 3.42. The third-order valence-corrected chi connectivity index (χ3v) is 9.74. The lowest BCUT2D eigenvalue weighted by atomic mass is 9.98. The van der Waals surface area contributed by atoms with Crippen molar-refractivity contribution in [3.05, 3.63) is 204 Å². The van der Waals surface area contributed by atoms with Gasteiger partial charge in [0.2, 0.25) is 0 Å². The van der Waals surface area contributed by atoms with E-state index in [1.54, 1.807) is 6.08 Å². The number of carbonyl (C=O) groups excluding carboxylic acids is 2. The topological polar surface area (TPSA) is 37.4 Å². The van der Waals surface area contributed by atoms with E-state index in [0.717, 1.165) is 66.4 Å². The molecule has 240 valence electrons. The highest BCUT2D eigenvalue weighted by Crippen LogP contribution is 2.45. The Hall–Kier alpha value is -6.84. The van der Waals surface area contributed by atoms with Gasteiger partial charge in [-0.3, -0.25) is 9.59 Å². The number of hydrogen-bond acceptors (Lipinski definition) is 3. The van der Waals surface area contributed by atoms with E-state index in [9.17, 15) is 9.59 Å². The van der Waals surface area contributed by atoms with Crippen LogP contribution < -0.4 is 4.90 Å². The van der Waals surface area contributed by atoms with Crippen LogP contribution in [-0.2, 0) is 0 Å². The minimum Gasteiger partial charge on any atom is -0.309 e. The summed E-state index contributed by atoms with van der Waals surface area (Å²) in [6.07, 6.45) is 1.74. The normalized spacial score (nSPS) is 12.4. The number of nitrogens with zero attached hydrogens (tertiary/aromatic N) is 1. The first kappa shape index (κ1) is 30.2. The predicted octanol–water partition coefficient (Wildman–Crippen LogP) is 12.3. The van der Waals surface area contributed by atoms with Crippen molar-refractivity contribution in [2.24, 2.45) is 0 Å². The van der Waals surface area contributed by atoms with Crippen LogP contribution >= 0.6 is 0 Å². The molecule has 51 heavy (non-hydrogen) atoms. The van der Waals surface area contributed by atoms with Crippen molar-refractivity contribution in [1.29, 1.82) is 0 Å². The highest BCUT2D eigenvalue weighted by molar-refractivity contribution is 6.42. The number of benzene rings is 8. The molecule has 0 N–H and O–H groups in total. The largest absolute Gasteiger partial charge is 0.309 e. The van der Waals surface area contributed by atoms with E-state index in [-0.39, 0.29) is 17.1 Å². The Labute approximate surface area is 296 Å². The van der Waals surface area contributed by atoms with Crippen LogP contribution in [0.1, 0.15) is 26.3 Å². The molecule has 0 saturated heterocycles. The molecule has 3 heteroatoms. The summed E-state index contributed by atoms with van der Waals surface area (Å²) in [4.78, 5) is 29.3. The molecule has 0 saturated carbocycles. The van der Waals surface area contributed by atoms with Gasteiger partial charge in [-0.15, -0.1) is 0 Å². The Morgan fingerprint density at radius 2 is 0.824 bits per heavy atom. The van der Waals surface area contributed by atoms with E-state index in [0.29, 0.717) is 11.1 Å². The SMILES string of the molecule is O=C1C(=Cc2ccc3cc(N(c4ccccc4-c4ccccc4)c4ccccc4-c4ccccc4)ccc3c2)C(=O)c2cc3ccccc3cc21. The van der Waals surface area contributed by atoms with Crippen LogP contribution in [0.4, 0.5) is 17.1 Å². The van der Waals surface area contributed by atoms with E-state index < -0.39 is 0 Å². The first-order chi connectivity index (χ1) is 25.1. The fraction of sp³-hybridized carbons (Fsp3) is 0. The Morgan fingerprint density at radius 3 is 1.39 bits per heavy atom. The third kappa shape index (κ3) is 5.42. The summed E-state index contributed by atoms with van der Waals surface area (Å²) in [5.41, 5.74) is 9.65. The number of hydrogen-bond donors (Lipinski definition) is 0. The van der Waals surface area contributed by atoms with Crippen molar-refractivity contribution in [2.45, 2.75) is 0 Å². The molecule has 8 aromatic rings. The molecule has 0 aliphatic heterocycles. The molecule has 0 unspecified atom stereocenters. The number of para-hydroxylation sites is 2. The number of rotatable bonds is 6. The molecule has 1 aliphatic carbocycles. The van der Waals surface area contributed by atoms with Gasteiger partial charge < -0.3 is 4.90 Å². The number of allylic oxidation sites excluding steroid dienone is 1. The van der Waals surface area contributed by atoms with Gasteiger partial charge in [0.05, 0.1) is 16.9 Å². The Kier molecular flexibility index (Phi) is 7.44. The van der Waals surface area contributed by atoms with E-state index in [1.165, 1.54) is 0 Å². The number of anilines is 3. The molecule has 0 amide bonds.